The molecule has 0 spiro atoms. The van der Waals surface area contributed by atoms with Crippen LogP contribution in [0.2, 0.25) is 0 Å². The van der Waals surface area contributed by atoms with E-state index in [-0.39, 0.29) is 18.4 Å². The van der Waals surface area contributed by atoms with E-state index in [0.717, 1.165) is 11.1 Å². The fraction of sp³-hybridized carbons (Fsp3) is 0.300. The first-order valence-corrected chi connectivity index (χ1v) is 8.22. The van der Waals surface area contributed by atoms with Gasteiger partial charge in [-0.3, -0.25) is 9.59 Å². The molecule has 2 rings (SSSR count). The van der Waals surface area contributed by atoms with Gasteiger partial charge < -0.3 is 19.7 Å². The summed E-state index contributed by atoms with van der Waals surface area (Å²) in [5.41, 5.74) is 3.39. The lowest BCUT2D eigenvalue weighted by atomic mass is 10.1. The first-order chi connectivity index (χ1) is 12.3. The van der Waals surface area contributed by atoms with Crippen molar-refractivity contribution >= 4 is 23.2 Å². The zero-order chi connectivity index (χ0) is 19.3. The van der Waals surface area contributed by atoms with Gasteiger partial charge in [0.1, 0.15) is 6.54 Å². The molecule has 0 unspecified atom stereocenters. The molecule has 0 aliphatic carbocycles. The standard InChI is InChI=1S/C20H24N2O4/c1-13-8-14(2)10-16(9-13)21-20(24)12-22(15(3)23)17-6-7-18(25-4)19(11-17)26-5/h6-11H,12H2,1-5H3,(H,21,24). The molecule has 0 aliphatic rings. The van der Waals surface area contributed by atoms with Crippen LogP contribution in [-0.4, -0.2) is 32.6 Å². The molecule has 138 valence electrons. The maximum atomic E-state index is 12.4. The highest BCUT2D eigenvalue weighted by Gasteiger charge is 2.18. The third-order valence-electron chi connectivity index (χ3n) is 3.87. The van der Waals surface area contributed by atoms with Gasteiger partial charge >= 0.3 is 0 Å². The first kappa shape index (κ1) is 19.3. The van der Waals surface area contributed by atoms with E-state index in [4.69, 9.17) is 9.47 Å². The predicted octanol–water partition coefficient (Wildman–Crippen LogP) is 3.31. The summed E-state index contributed by atoms with van der Waals surface area (Å²) in [7, 11) is 3.06. The smallest absolute Gasteiger partial charge is 0.244 e. The second kappa shape index (κ2) is 8.38. The molecule has 0 aliphatic heterocycles. The van der Waals surface area contributed by atoms with Gasteiger partial charge in [-0.25, -0.2) is 0 Å². The van der Waals surface area contributed by atoms with Crippen LogP contribution >= 0.6 is 0 Å². The van der Waals surface area contributed by atoms with Gasteiger partial charge in [0.25, 0.3) is 0 Å². The van der Waals surface area contributed by atoms with Crippen molar-refractivity contribution < 1.29 is 19.1 Å². The summed E-state index contributed by atoms with van der Waals surface area (Å²) in [6.07, 6.45) is 0. The number of hydrogen-bond donors (Lipinski definition) is 1. The summed E-state index contributed by atoms with van der Waals surface area (Å²) in [5.74, 6) is 0.526. The Labute approximate surface area is 153 Å². The predicted molar refractivity (Wildman–Crippen MR) is 102 cm³/mol. The quantitative estimate of drug-likeness (QED) is 0.862. The number of hydrogen-bond acceptors (Lipinski definition) is 4. The lowest BCUT2D eigenvalue weighted by molar-refractivity contribution is -0.120. The van der Waals surface area contributed by atoms with E-state index < -0.39 is 0 Å². The fourth-order valence-corrected chi connectivity index (χ4v) is 2.77. The van der Waals surface area contributed by atoms with Crippen LogP contribution in [0, 0.1) is 13.8 Å². The normalized spacial score (nSPS) is 10.2. The largest absolute Gasteiger partial charge is 0.493 e. The summed E-state index contributed by atoms with van der Waals surface area (Å²) >= 11 is 0. The number of anilines is 2. The number of ether oxygens (including phenoxy) is 2. The van der Waals surface area contributed by atoms with E-state index in [1.807, 2.05) is 32.0 Å². The van der Waals surface area contributed by atoms with Gasteiger partial charge in [0.15, 0.2) is 11.5 Å². The highest BCUT2D eigenvalue weighted by molar-refractivity contribution is 6.02. The molecular weight excluding hydrogens is 332 g/mol. The highest BCUT2D eigenvalue weighted by Crippen LogP contribution is 2.31. The van der Waals surface area contributed by atoms with Crippen molar-refractivity contribution in [1.29, 1.82) is 0 Å². The molecule has 6 heteroatoms. The molecule has 0 fully saturated rings. The molecule has 0 heterocycles. The summed E-state index contributed by atoms with van der Waals surface area (Å²) in [6.45, 7) is 5.25. The zero-order valence-electron chi connectivity index (χ0n) is 15.8. The van der Waals surface area contributed by atoms with Gasteiger partial charge in [-0.15, -0.1) is 0 Å². The lowest BCUT2D eigenvalue weighted by Crippen LogP contribution is -2.36. The van der Waals surface area contributed by atoms with E-state index in [9.17, 15) is 9.59 Å². The number of methoxy groups -OCH3 is 2. The SMILES string of the molecule is COc1ccc(N(CC(=O)Nc2cc(C)cc(C)c2)C(C)=O)cc1OC. The average Bonchev–Trinajstić information content (AvgIpc) is 2.57. The second-order valence-electron chi connectivity index (χ2n) is 6.07. The Morgan fingerprint density at radius 1 is 0.962 bits per heavy atom. The molecule has 0 aromatic heterocycles. The number of amides is 2. The van der Waals surface area contributed by atoms with E-state index in [0.29, 0.717) is 22.9 Å². The number of benzene rings is 2. The van der Waals surface area contributed by atoms with Gasteiger partial charge in [-0.05, 0) is 49.2 Å². The van der Waals surface area contributed by atoms with E-state index in [2.05, 4.69) is 5.32 Å². The Morgan fingerprint density at radius 2 is 1.58 bits per heavy atom. The minimum absolute atomic E-state index is 0.0994. The van der Waals surface area contributed by atoms with Crippen molar-refractivity contribution in [2.24, 2.45) is 0 Å². The van der Waals surface area contributed by atoms with Gasteiger partial charge in [0.2, 0.25) is 11.8 Å². The molecule has 1 N–H and O–H groups in total. The number of carbonyl (C=O) groups is 2. The van der Waals surface area contributed by atoms with Crippen LogP contribution in [0.3, 0.4) is 0 Å². The lowest BCUT2D eigenvalue weighted by Gasteiger charge is -2.22. The van der Waals surface area contributed by atoms with Gasteiger partial charge in [0, 0.05) is 24.4 Å². The fourth-order valence-electron chi connectivity index (χ4n) is 2.77. The van der Waals surface area contributed by atoms with Gasteiger partial charge in [0.05, 0.1) is 14.2 Å². The molecule has 0 radical (unpaired) electrons. The molecule has 0 saturated carbocycles. The summed E-state index contributed by atoms with van der Waals surface area (Å²) in [4.78, 5) is 25.9. The minimum atomic E-state index is -0.278. The maximum absolute atomic E-state index is 12.4. The second-order valence-corrected chi connectivity index (χ2v) is 6.07. The molecule has 0 atom stereocenters. The molecule has 26 heavy (non-hydrogen) atoms. The van der Waals surface area contributed by atoms with Gasteiger partial charge in [-0.1, -0.05) is 6.07 Å². The van der Waals surface area contributed by atoms with Crippen molar-refractivity contribution in [1.82, 2.24) is 0 Å². The van der Waals surface area contributed by atoms with Crippen LogP contribution in [0.5, 0.6) is 11.5 Å². The summed E-state index contributed by atoms with van der Waals surface area (Å²) < 4.78 is 10.5. The van der Waals surface area contributed by atoms with Crippen LogP contribution < -0.4 is 19.7 Å². The summed E-state index contributed by atoms with van der Waals surface area (Å²) in [5, 5.41) is 2.84. The number of aryl methyl sites for hydroxylation is 2. The monoisotopic (exact) mass is 356 g/mol. The maximum Gasteiger partial charge on any atom is 0.244 e. The third-order valence-corrected chi connectivity index (χ3v) is 3.87. The van der Waals surface area contributed by atoms with Crippen molar-refractivity contribution in [2.75, 3.05) is 31.0 Å². The van der Waals surface area contributed by atoms with Crippen molar-refractivity contribution in [3.05, 3.63) is 47.5 Å². The van der Waals surface area contributed by atoms with Crippen LogP contribution in [0.25, 0.3) is 0 Å². The molecule has 2 amide bonds. The van der Waals surface area contributed by atoms with Crippen molar-refractivity contribution in [3.8, 4) is 11.5 Å². The molecule has 0 saturated heterocycles. The van der Waals surface area contributed by atoms with Crippen LogP contribution in [0.4, 0.5) is 11.4 Å². The number of rotatable bonds is 6. The van der Waals surface area contributed by atoms with Crippen LogP contribution in [0.1, 0.15) is 18.1 Å². The molecular formula is C20H24N2O4. The molecule has 2 aromatic rings. The Balaban J connectivity index is 2.20. The minimum Gasteiger partial charge on any atom is -0.493 e. The van der Waals surface area contributed by atoms with Gasteiger partial charge in [-0.2, -0.15) is 0 Å². The summed E-state index contributed by atoms with van der Waals surface area (Å²) in [6, 6.07) is 10.9. The Bertz CT molecular complexity index is 797. The van der Waals surface area contributed by atoms with E-state index >= 15 is 0 Å². The highest BCUT2D eigenvalue weighted by atomic mass is 16.5. The first-order valence-electron chi connectivity index (χ1n) is 8.22. The third kappa shape index (κ3) is 4.75. The van der Waals surface area contributed by atoms with Crippen molar-refractivity contribution in [3.63, 3.8) is 0 Å². The average molecular weight is 356 g/mol. The van der Waals surface area contributed by atoms with Crippen molar-refractivity contribution in [2.45, 2.75) is 20.8 Å². The van der Waals surface area contributed by atoms with E-state index in [1.165, 1.54) is 26.0 Å². The topological polar surface area (TPSA) is 67.9 Å². The van der Waals surface area contributed by atoms with Crippen LogP contribution in [-0.2, 0) is 9.59 Å². The Morgan fingerprint density at radius 3 is 2.12 bits per heavy atom. The molecule has 6 nitrogen and oxygen atoms in total. The Hall–Kier alpha value is -3.02. The molecule has 0 bridgehead atoms. The number of nitrogens with one attached hydrogen (secondary N) is 1. The molecule has 2 aromatic carbocycles. The van der Waals surface area contributed by atoms with Crippen LogP contribution in [0.15, 0.2) is 36.4 Å². The number of nitrogens with zero attached hydrogens (tertiary/aromatic N) is 1. The zero-order valence-corrected chi connectivity index (χ0v) is 15.8. The van der Waals surface area contributed by atoms with E-state index in [1.54, 1.807) is 18.2 Å². The number of carbonyl (C=O) groups excluding carboxylic acids is 2. The Kier molecular flexibility index (Phi) is 6.22.